The third-order valence-electron chi connectivity index (χ3n) is 3.15. The third-order valence-corrected chi connectivity index (χ3v) is 6.58. The van der Waals surface area contributed by atoms with Gasteiger partial charge in [-0.25, -0.2) is 0 Å². The maximum atomic E-state index is 10.0. The number of rotatable bonds is 4. The first-order chi connectivity index (χ1) is 8.27. The van der Waals surface area contributed by atoms with Crippen LogP contribution in [0.15, 0.2) is 30.3 Å². The molecule has 1 saturated heterocycles. The second kappa shape index (κ2) is 6.17. The van der Waals surface area contributed by atoms with Crippen LogP contribution in [0.25, 0.3) is 0 Å². The first kappa shape index (κ1) is 13.3. The largest absolute Gasteiger partial charge is 0.393 e. The maximum absolute atomic E-state index is 10.0. The Kier molecular flexibility index (Phi) is 4.83. The molecule has 1 aromatic carbocycles. The molecule has 1 fully saturated rings. The SMILES string of the molecule is CCC(O)CC1(c2ccccc2)SCCCS1. The number of aliphatic hydroxyl groups excluding tert-OH is 1. The highest BCUT2D eigenvalue weighted by molar-refractivity contribution is 8.18. The van der Waals surface area contributed by atoms with Gasteiger partial charge in [0, 0.05) is 6.42 Å². The number of aliphatic hydroxyl groups is 1. The van der Waals surface area contributed by atoms with E-state index < -0.39 is 0 Å². The van der Waals surface area contributed by atoms with Crippen LogP contribution < -0.4 is 0 Å². The van der Waals surface area contributed by atoms with Gasteiger partial charge in [0.1, 0.15) is 0 Å². The van der Waals surface area contributed by atoms with Crippen LogP contribution >= 0.6 is 23.5 Å². The Hall–Kier alpha value is -0.120. The third kappa shape index (κ3) is 3.21. The number of thioether (sulfide) groups is 2. The normalized spacial score (nSPS) is 21.1. The van der Waals surface area contributed by atoms with Gasteiger partial charge < -0.3 is 5.11 Å². The molecular weight excluding hydrogens is 248 g/mol. The van der Waals surface area contributed by atoms with Crippen LogP contribution in [0.3, 0.4) is 0 Å². The maximum Gasteiger partial charge on any atom is 0.0884 e. The molecule has 0 spiro atoms. The molecule has 1 atom stereocenters. The van der Waals surface area contributed by atoms with E-state index in [2.05, 4.69) is 37.3 Å². The van der Waals surface area contributed by atoms with Crippen molar-refractivity contribution in [2.75, 3.05) is 11.5 Å². The van der Waals surface area contributed by atoms with E-state index in [1.165, 1.54) is 23.5 Å². The van der Waals surface area contributed by atoms with Gasteiger partial charge >= 0.3 is 0 Å². The van der Waals surface area contributed by atoms with Crippen LogP contribution in [0.4, 0.5) is 0 Å². The van der Waals surface area contributed by atoms with Crippen molar-refractivity contribution in [3.63, 3.8) is 0 Å². The molecule has 0 saturated carbocycles. The molecule has 17 heavy (non-hydrogen) atoms. The fraction of sp³-hybridized carbons (Fsp3) is 0.571. The summed E-state index contributed by atoms with van der Waals surface area (Å²) in [5.41, 5.74) is 1.36. The first-order valence-corrected chi connectivity index (χ1v) is 8.25. The van der Waals surface area contributed by atoms with Crippen molar-refractivity contribution in [1.82, 2.24) is 0 Å². The van der Waals surface area contributed by atoms with Gasteiger partial charge in [-0.15, -0.1) is 23.5 Å². The van der Waals surface area contributed by atoms with Crippen molar-refractivity contribution >= 4 is 23.5 Å². The summed E-state index contributed by atoms with van der Waals surface area (Å²) < 4.78 is 0.0783. The Morgan fingerprint density at radius 2 is 1.88 bits per heavy atom. The Labute approximate surface area is 112 Å². The zero-order valence-electron chi connectivity index (χ0n) is 10.3. The van der Waals surface area contributed by atoms with Crippen molar-refractivity contribution < 1.29 is 5.11 Å². The van der Waals surface area contributed by atoms with Crippen molar-refractivity contribution in [1.29, 1.82) is 0 Å². The summed E-state index contributed by atoms with van der Waals surface area (Å²) in [6, 6.07) is 10.7. The summed E-state index contributed by atoms with van der Waals surface area (Å²) in [7, 11) is 0. The highest BCUT2D eigenvalue weighted by Crippen LogP contribution is 2.53. The average molecular weight is 268 g/mol. The van der Waals surface area contributed by atoms with Crippen LogP contribution in [-0.2, 0) is 4.08 Å². The molecule has 2 rings (SSSR count). The predicted molar refractivity (Wildman–Crippen MR) is 78.6 cm³/mol. The van der Waals surface area contributed by atoms with Gasteiger partial charge in [-0.3, -0.25) is 0 Å². The Morgan fingerprint density at radius 1 is 1.24 bits per heavy atom. The predicted octanol–water partition coefficient (Wildman–Crippen LogP) is 3.87. The molecule has 1 N–H and O–H groups in total. The lowest BCUT2D eigenvalue weighted by Crippen LogP contribution is -2.28. The summed E-state index contributed by atoms with van der Waals surface area (Å²) >= 11 is 4.02. The van der Waals surface area contributed by atoms with Gasteiger partial charge in [0.2, 0.25) is 0 Å². The van der Waals surface area contributed by atoms with Gasteiger partial charge in [-0.05, 0) is 29.9 Å². The fourth-order valence-electron chi connectivity index (χ4n) is 2.12. The summed E-state index contributed by atoms with van der Waals surface area (Å²) in [5.74, 6) is 2.41. The summed E-state index contributed by atoms with van der Waals surface area (Å²) in [5, 5.41) is 10.0. The van der Waals surface area contributed by atoms with Crippen LogP contribution in [0.1, 0.15) is 31.7 Å². The Morgan fingerprint density at radius 3 is 2.47 bits per heavy atom. The van der Waals surface area contributed by atoms with Crippen molar-refractivity contribution in [3.8, 4) is 0 Å². The van der Waals surface area contributed by atoms with Gasteiger partial charge in [-0.1, -0.05) is 37.3 Å². The highest BCUT2D eigenvalue weighted by Gasteiger charge is 2.36. The molecule has 1 aliphatic heterocycles. The van der Waals surface area contributed by atoms with Crippen molar-refractivity contribution in [2.24, 2.45) is 0 Å². The zero-order valence-corrected chi connectivity index (χ0v) is 11.9. The van der Waals surface area contributed by atoms with E-state index in [0.29, 0.717) is 0 Å². The standard InChI is InChI=1S/C14H20OS2/c1-2-13(15)11-14(16-9-6-10-17-14)12-7-4-3-5-8-12/h3-5,7-8,13,15H,2,6,9-11H2,1H3. The topological polar surface area (TPSA) is 20.2 Å². The molecule has 94 valence electrons. The molecule has 0 amide bonds. The molecule has 3 heteroatoms. The minimum atomic E-state index is -0.187. The van der Waals surface area contributed by atoms with Gasteiger partial charge in [-0.2, -0.15) is 0 Å². The molecule has 1 unspecified atom stereocenters. The lowest BCUT2D eigenvalue weighted by atomic mass is 10.0. The van der Waals surface area contributed by atoms with E-state index in [1.807, 2.05) is 23.5 Å². The van der Waals surface area contributed by atoms with Crippen LogP contribution in [0.2, 0.25) is 0 Å². The molecule has 0 radical (unpaired) electrons. The van der Waals surface area contributed by atoms with E-state index in [4.69, 9.17) is 0 Å². The lowest BCUT2D eigenvalue weighted by Gasteiger charge is -2.38. The monoisotopic (exact) mass is 268 g/mol. The molecule has 1 aromatic rings. The number of hydrogen-bond acceptors (Lipinski definition) is 3. The second-order valence-electron chi connectivity index (χ2n) is 4.44. The molecule has 1 nitrogen and oxygen atoms in total. The lowest BCUT2D eigenvalue weighted by molar-refractivity contribution is 0.156. The molecule has 0 bridgehead atoms. The average Bonchev–Trinajstić information content (AvgIpc) is 2.40. The number of hydrogen-bond donors (Lipinski definition) is 1. The van der Waals surface area contributed by atoms with Crippen molar-refractivity contribution in [3.05, 3.63) is 35.9 Å². The quantitative estimate of drug-likeness (QED) is 0.895. The highest BCUT2D eigenvalue weighted by atomic mass is 32.2. The van der Waals surface area contributed by atoms with E-state index in [0.717, 1.165) is 12.8 Å². The van der Waals surface area contributed by atoms with Gasteiger partial charge in [0.05, 0.1) is 10.2 Å². The van der Waals surface area contributed by atoms with Crippen LogP contribution in [-0.4, -0.2) is 22.7 Å². The molecule has 1 aliphatic rings. The molecular formula is C14H20OS2. The first-order valence-electron chi connectivity index (χ1n) is 6.28. The van der Waals surface area contributed by atoms with Crippen LogP contribution in [0, 0.1) is 0 Å². The smallest absolute Gasteiger partial charge is 0.0884 e. The molecule has 0 aliphatic carbocycles. The Bertz CT molecular complexity index is 333. The minimum Gasteiger partial charge on any atom is -0.393 e. The zero-order chi connectivity index (χ0) is 12.1. The number of benzene rings is 1. The summed E-state index contributed by atoms with van der Waals surface area (Å²) in [6.45, 7) is 2.06. The Balaban J connectivity index is 2.23. The van der Waals surface area contributed by atoms with Crippen molar-refractivity contribution in [2.45, 2.75) is 36.4 Å². The molecule has 0 aromatic heterocycles. The fourth-order valence-corrected chi connectivity index (χ4v) is 5.60. The van der Waals surface area contributed by atoms with Crippen LogP contribution in [0.5, 0.6) is 0 Å². The van der Waals surface area contributed by atoms with E-state index in [1.54, 1.807) is 0 Å². The second-order valence-corrected chi connectivity index (χ2v) is 7.48. The summed E-state index contributed by atoms with van der Waals surface area (Å²) in [4.78, 5) is 0. The minimum absolute atomic E-state index is 0.0783. The summed E-state index contributed by atoms with van der Waals surface area (Å²) in [6.07, 6.45) is 2.80. The molecule has 1 heterocycles. The van der Waals surface area contributed by atoms with Gasteiger partial charge in [0.15, 0.2) is 0 Å². The van der Waals surface area contributed by atoms with E-state index in [9.17, 15) is 5.11 Å². The van der Waals surface area contributed by atoms with Gasteiger partial charge in [0.25, 0.3) is 0 Å². The van der Waals surface area contributed by atoms with E-state index in [-0.39, 0.29) is 10.2 Å². The van der Waals surface area contributed by atoms with E-state index >= 15 is 0 Å².